The molecule has 0 fully saturated rings. The van der Waals surface area contributed by atoms with E-state index in [0.29, 0.717) is 10.0 Å². The largest absolute Gasteiger partial charge is 0.0861 e. The standard InChI is InChI=1S/C8H7Cl2N3/c1-5(12-13-11)7-3-2-6(9)4-8(7)10/h2-5H,1H3/t5-/m0/s1. The predicted octanol–water partition coefficient (Wildman–Crippen LogP) is 4.36. The minimum atomic E-state index is -0.269. The Hall–Kier alpha value is -0.890. The average molecular weight is 216 g/mol. The normalized spacial score (nSPS) is 11.9. The second-order valence-corrected chi connectivity index (χ2v) is 3.39. The van der Waals surface area contributed by atoms with Gasteiger partial charge in [0, 0.05) is 15.0 Å². The van der Waals surface area contributed by atoms with E-state index in [9.17, 15) is 0 Å². The SMILES string of the molecule is C[C@H](N=[N+]=[N-])c1ccc(Cl)cc1Cl. The van der Waals surface area contributed by atoms with Crippen LogP contribution in [0, 0.1) is 0 Å². The first-order valence-electron chi connectivity index (χ1n) is 3.64. The van der Waals surface area contributed by atoms with E-state index in [1.54, 1.807) is 25.1 Å². The number of hydrogen-bond donors (Lipinski definition) is 0. The van der Waals surface area contributed by atoms with Gasteiger partial charge in [0.1, 0.15) is 0 Å². The number of benzene rings is 1. The van der Waals surface area contributed by atoms with E-state index in [-0.39, 0.29) is 6.04 Å². The molecule has 0 unspecified atom stereocenters. The maximum Gasteiger partial charge on any atom is 0.0611 e. The molecule has 5 heteroatoms. The van der Waals surface area contributed by atoms with Crippen molar-refractivity contribution < 1.29 is 0 Å². The molecule has 3 nitrogen and oxygen atoms in total. The van der Waals surface area contributed by atoms with Crippen LogP contribution in [0.3, 0.4) is 0 Å². The zero-order chi connectivity index (χ0) is 9.84. The summed E-state index contributed by atoms with van der Waals surface area (Å²) in [7, 11) is 0. The van der Waals surface area contributed by atoms with Gasteiger partial charge in [-0.15, -0.1) is 0 Å². The third-order valence-corrected chi connectivity index (χ3v) is 2.20. The number of azide groups is 1. The molecule has 0 aliphatic heterocycles. The summed E-state index contributed by atoms with van der Waals surface area (Å²) >= 11 is 11.6. The van der Waals surface area contributed by atoms with Gasteiger partial charge in [0.05, 0.1) is 6.04 Å². The Morgan fingerprint density at radius 2 is 2.15 bits per heavy atom. The lowest BCUT2D eigenvalue weighted by Gasteiger charge is -2.06. The van der Waals surface area contributed by atoms with Gasteiger partial charge >= 0.3 is 0 Å². The molecule has 0 N–H and O–H groups in total. The van der Waals surface area contributed by atoms with Crippen molar-refractivity contribution in [2.45, 2.75) is 13.0 Å². The summed E-state index contributed by atoms with van der Waals surface area (Å²) in [4.78, 5) is 2.71. The van der Waals surface area contributed by atoms with Gasteiger partial charge in [0.15, 0.2) is 0 Å². The molecule has 0 aliphatic rings. The first-order valence-corrected chi connectivity index (χ1v) is 4.40. The van der Waals surface area contributed by atoms with E-state index >= 15 is 0 Å². The van der Waals surface area contributed by atoms with E-state index in [0.717, 1.165) is 5.56 Å². The van der Waals surface area contributed by atoms with Crippen molar-refractivity contribution >= 4 is 23.2 Å². The quantitative estimate of drug-likeness (QED) is 0.400. The number of nitrogens with zero attached hydrogens (tertiary/aromatic N) is 3. The molecule has 0 spiro atoms. The molecular weight excluding hydrogens is 209 g/mol. The fraction of sp³-hybridized carbons (Fsp3) is 0.250. The molecule has 0 radical (unpaired) electrons. The minimum Gasteiger partial charge on any atom is -0.0861 e. The molecule has 68 valence electrons. The highest BCUT2D eigenvalue weighted by Crippen LogP contribution is 2.27. The number of rotatable bonds is 2. The monoisotopic (exact) mass is 215 g/mol. The summed E-state index contributed by atoms with van der Waals surface area (Å²) in [6.45, 7) is 1.77. The fourth-order valence-corrected chi connectivity index (χ4v) is 1.55. The van der Waals surface area contributed by atoms with Gasteiger partial charge in [-0.3, -0.25) is 0 Å². The predicted molar refractivity (Wildman–Crippen MR) is 54.0 cm³/mol. The summed E-state index contributed by atoms with van der Waals surface area (Å²) < 4.78 is 0. The van der Waals surface area contributed by atoms with Crippen molar-refractivity contribution in [3.8, 4) is 0 Å². The van der Waals surface area contributed by atoms with E-state index in [1.807, 2.05) is 0 Å². The van der Waals surface area contributed by atoms with Crippen molar-refractivity contribution in [3.63, 3.8) is 0 Å². The van der Waals surface area contributed by atoms with Crippen LogP contribution in [0.4, 0.5) is 0 Å². The molecule has 1 aromatic carbocycles. The maximum atomic E-state index is 8.23. The molecule has 0 bridgehead atoms. The number of hydrogen-bond acceptors (Lipinski definition) is 1. The summed E-state index contributed by atoms with van der Waals surface area (Å²) in [5.41, 5.74) is 9.01. The first kappa shape index (κ1) is 10.2. The van der Waals surface area contributed by atoms with Crippen molar-refractivity contribution in [1.29, 1.82) is 0 Å². The zero-order valence-corrected chi connectivity index (χ0v) is 8.42. The van der Waals surface area contributed by atoms with Crippen molar-refractivity contribution in [2.24, 2.45) is 5.11 Å². The first-order chi connectivity index (χ1) is 6.15. The fourth-order valence-electron chi connectivity index (χ4n) is 0.980. The Kier molecular flexibility index (Phi) is 3.43. The molecule has 1 aromatic rings. The lowest BCUT2D eigenvalue weighted by Crippen LogP contribution is -1.88. The third kappa shape index (κ3) is 2.52. The van der Waals surface area contributed by atoms with Crippen molar-refractivity contribution in [2.75, 3.05) is 0 Å². The van der Waals surface area contributed by atoms with Crippen LogP contribution in [0.1, 0.15) is 18.5 Å². The Labute approximate surface area is 85.9 Å². The van der Waals surface area contributed by atoms with Gasteiger partial charge in [0.2, 0.25) is 0 Å². The van der Waals surface area contributed by atoms with Gasteiger partial charge in [-0.25, -0.2) is 0 Å². The molecule has 0 aliphatic carbocycles. The zero-order valence-electron chi connectivity index (χ0n) is 6.91. The van der Waals surface area contributed by atoms with E-state index in [4.69, 9.17) is 28.7 Å². The molecule has 0 amide bonds. The van der Waals surface area contributed by atoms with Crippen molar-refractivity contribution in [1.82, 2.24) is 0 Å². The van der Waals surface area contributed by atoms with Crippen LogP contribution in [-0.4, -0.2) is 0 Å². The highest BCUT2D eigenvalue weighted by molar-refractivity contribution is 6.35. The van der Waals surface area contributed by atoms with Crippen LogP contribution in [0.5, 0.6) is 0 Å². The van der Waals surface area contributed by atoms with Gasteiger partial charge in [-0.2, -0.15) is 0 Å². The molecule has 0 saturated heterocycles. The Balaban J connectivity index is 3.08. The molecule has 13 heavy (non-hydrogen) atoms. The molecular formula is C8H7Cl2N3. The summed E-state index contributed by atoms with van der Waals surface area (Å²) in [6.07, 6.45) is 0. The van der Waals surface area contributed by atoms with Crippen LogP contribution < -0.4 is 0 Å². The average Bonchev–Trinajstić information content (AvgIpc) is 2.04. The second-order valence-electron chi connectivity index (χ2n) is 2.55. The third-order valence-electron chi connectivity index (χ3n) is 1.64. The van der Waals surface area contributed by atoms with Gasteiger partial charge < -0.3 is 0 Å². The van der Waals surface area contributed by atoms with Gasteiger partial charge in [-0.05, 0) is 23.2 Å². The highest BCUT2D eigenvalue weighted by atomic mass is 35.5. The number of halogens is 2. The second kappa shape index (κ2) is 4.38. The lowest BCUT2D eigenvalue weighted by atomic mass is 10.1. The molecule has 1 rings (SSSR count). The minimum absolute atomic E-state index is 0.269. The topological polar surface area (TPSA) is 48.8 Å². The summed E-state index contributed by atoms with van der Waals surface area (Å²) in [6, 6.07) is 4.83. The molecule has 0 saturated carbocycles. The molecule has 1 atom stereocenters. The Bertz CT molecular complexity index is 358. The van der Waals surface area contributed by atoms with E-state index in [1.165, 1.54) is 0 Å². The summed E-state index contributed by atoms with van der Waals surface area (Å²) in [5.74, 6) is 0. The Morgan fingerprint density at radius 1 is 1.46 bits per heavy atom. The van der Waals surface area contributed by atoms with E-state index < -0.39 is 0 Å². The van der Waals surface area contributed by atoms with Crippen LogP contribution >= 0.6 is 23.2 Å². The van der Waals surface area contributed by atoms with Crippen LogP contribution in [0.15, 0.2) is 23.3 Å². The summed E-state index contributed by atoms with van der Waals surface area (Å²) in [5, 5.41) is 4.63. The van der Waals surface area contributed by atoms with Gasteiger partial charge in [-0.1, -0.05) is 41.3 Å². The molecule has 0 heterocycles. The highest BCUT2D eigenvalue weighted by Gasteiger charge is 2.07. The van der Waals surface area contributed by atoms with Crippen LogP contribution in [0.25, 0.3) is 10.4 Å². The van der Waals surface area contributed by atoms with Crippen molar-refractivity contribution in [3.05, 3.63) is 44.3 Å². The Morgan fingerprint density at radius 3 is 2.69 bits per heavy atom. The lowest BCUT2D eigenvalue weighted by molar-refractivity contribution is 0.808. The smallest absolute Gasteiger partial charge is 0.0611 e. The maximum absolute atomic E-state index is 8.23. The van der Waals surface area contributed by atoms with E-state index in [2.05, 4.69) is 10.0 Å². The van der Waals surface area contributed by atoms with Crippen LogP contribution in [-0.2, 0) is 0 Å². The van der Waals surface area contributed by atoms with Gasteiger partial charge in [0.25, 0.3) is 0 Å². The van der Waals surface area contributed by atoms with Crippen LogP contribution in [0.2, 0.25) is 10.0 Å². The molecule has 0 aromatic heterocycles.